The molecule has 0 atom stereocenters. The monoisotopic (exact) mass is 246 g/mol. The molecule has 0 spiro atoms. The first-order chi connectivity index (χ1) is 8.58. The van der Waals surface area contributed by atoms with Gasteiger partial charge in [0.1, 0.15) is 11.4 Å². The largest absolute Gasteiger partial charge is 0.467 e. The summed E-state index contributed by atoms with van der Waals surface area (Å²) in [6, 6.07) is 6.97. The molecule has 0 aliphatic rings. The van der Waals surface area contributed by atoms with Gasteiger partial charge in [-0.25, -0.2) is 0 Å². The molecule has 0 radical (unpaired) electrons. The zero-order chi connectivity index (χ0) is 13.1. The van der Waals surface area contributed by atoms with Gasteiger partial charge in [0.05, 0.1) is 17.7 Å². The van der Waals surface area contributed by atoms with Crippen molar-refractivity contribution in [3.8, 4) is 0 Å². The fraction of sp³-hybridized carbons (Fsp3) is 0.231. The minimum Gasteiger partial charge on any atom is -0.467 e. The first-order valence-electron chi connectivity index (χ1n) is 5.60. The molecule has 18 heavy (non-hydrogen) atoms. The van der Waals surface area contributed by atoms with Crippen LogP contribution in [0.4, 0.5) is 11.4 Å². The molecule has 5 nitrogen and oxygen atoms in total. The number of anilines is 1. The highest BCUT2D eigenvalue weighted by atomic mass is 16.6. The number of hydrogen-bond acceptors (Lipinski definition) is 4. The molecule has 5 heteroatoms. The Bertz CT molecular complexity index is 575. The van der Waals surface area contributed by atoms with Crippen molar-refractivity contribution < 1.29 is 9.34 Å². The fourth-order valence-corrected chi connectivity index (χ4v) is 1.70. The van der Waals surface area contributed by atoms with E-state index in [1.807, 2.05) is 26.0 Å². The van der Waals surface area contributed by atoms with Gasteiger partial charge in [-0.2, -0.15) is 0 Å². The van der Waals surface area contributed by atoms with Crippen LogP contribution in [0.5, 0.6) is 0 Å². The van der Waals surface area contributed by atoms with E-state index in [4.69, 9.17) is 4.42 Å². The predicted molar refractivity (Wildman–Crippen MR) is 68.6 cm³/mol. The highest BCUT2D eigenvalue weighted by molar-refractivity contribution is 5.62. The van der Waals surface area contributed by atoms with Crippen molar-refractivity contribution in [2.45, 2.75) is 20.4 Å². The summed E-state index contributed by atoms with van der Waals surface area (Å²) in [7, 11) is 0. The van der Waals surface area contributed by atoms with Crippen LogP contribution >= 0.6 is 0 Å². The molecular weight excluding hydrogens is 232 g/mol. The fourth-order valence-electron chi connectivity index (χ4n) is 1.70. The van der Waals surface area contributed by atoms with Gasteiger partial charge < -0.3 is 9.73 Å². The van der Waals surface area contributed by atoms with Crippen LogP contribution in [0.3, 0.4) is 0 Å². The first kappa shape index (κ1) is 12.2. The summed E-state index contributed by atoms with van der Waals surface area (Å²) in [5, 5.41) is 14.0. The molecule has 1 heterocycles. The molecule has 94 valence electrons. The number of rotatable bonds is 4. The second-order valence-electron chi connectivity index (χ2n) is 4.16. The number of aryl methyl sites for hydroxylation is 2. The lowest BCUT2D eigenvalue weighted by Gasteiger charge is -2.06. The third-order valence-electron chi connectivity index (χ3n) is 2.76. The zero-order valence-corrected chi connectivity index (χ0v) is 10.3. The minimum absolute atomic E-state index is 0.0826. The number of nitro groups is 1. The maximum absolute atomic E-state index is 10.9. The summed E-state index contributed by atoms with van der Waals surface area (Å²) in [6.07, 6.45) is 1.61. The highest BCUT2D eigenvalue weighted by Crippen LogP contribution is 2.26. The van der Waals surface area contributed by atoms with Crippen molar-refractivity contribution in [2.24, 2.45) is 0 Å². The normalized spacial score (nSPS) is 10.3. The Labute approximate surface area is 105 Å². The lowest BCUT2D eigenvalue weighted by molar-refractivity contribution is -0.384. The molecule has 0 fully saturated rings. The van der Waals surface area contributed by atoms with E-state index in [0.717, 1.165) is 16.9 Å². The van der Waals surface area contributed by atoms with Crippen molar-refractivity contribution in [3.05, 3.63) is 57.5 Å². The zero-order valence-electron chi connectivity index (χ0n) is 10.3. The van der Waals surface area contributed by atoms with Crippen LogP contribution < -0.4 is 5.32 Å². The molecule has 1 aromatic heterocycles. The predicted octanol–water partition coefficient (Wildman–Crippen LogP) is 3.42. The number of nitro benzene ring substituents is 1. The quantitative estimate of drug-likeness (QED) is 0.663. The average molecular weight is 246 g/mol. The molecule has 0 saturated heterocycles. The Balaban J connectivity index is 2.19. The molecule has 0 amide bonds. The molecule has 0 saturated carbocycles. The SMILES string of the molecule is Cc1ccc(NCc2occc2C)c([N+](=O)[O-])c1. The number of nitrogens with zero attached hydrogens (tertiary/aromatic N) is 1. The van der Waals surface area contributed by atoms with E-state index in [1.165, 1.54) is 0 Å². The smallest absolute Gasteiger partial charge is 0.292 e. The van der Waals surface area contributed by atoms with Crippen LogP contribution in [-0.4, -0.2) is 4.92 Å². The summed E-state index contributed by atoms with van der Waals surface area (Å²) >= 11 is 0. The van der Waals surface area contributed by atoms with Crippen molar-refractivity contribution in [1.82, 2.24) is 0 Å². The third kappa shape index (κ3) is 2.51. The Morgan fingerprint density at radius 2 is 2.11 bits per heavy atom. The molecule has 0 aliphatic heterocycles. The maximum atomic E-state index is 10.9. The molecule has 0 bridgehead atoms. The summed E-state index contributed by atoms with van der Waals surface area (Å²) < 4.78 is 5.28. The Hall–Kier alpha value is -2.30. The number of benzene rings is 1. The molecule has 2 aromatic rings. The van der Waals surface area contributed by atoms with E-state index in [9.17, 15) is 10.1 Å². The Morgan fingerprint density at radius 3 is 2.72 bits per heavy atom. The van der Waals surface area contributed by atoms with E-state index in [1.54, 1.807) is 18.4 Å². The second kappa shape index (κ2) is 4.91. The lowest BCUT2D eigenvalue weighted by atomic mass is 10.2. The van der Waals surface area contributed by atoms with E-state index in [2.05, 4.69) is 5.32 Å². The summed E-state index contributed by atoms with van der Waals surface area (Å²) in [4.78, 5) is 10.6. The van der Waals surface area contributed by atoms with Crippen LogP contribution in [0.2, 0.25) is 0 Å². The number of furan rings is 1. The third-order valence-corrected chi connectivity index (χ3v) is 2.76. The van der Waals surface area contributed by atoms with Gasteiger partial charge in [-0.15, -0.1) is 0 Å². The topological polar surface area (TPSA) is 68.3 Å². The van der Waals surface area contributed by atoms with Gasteiger partial charge in [0.2, 0.25) is 0 Å². The molecule has 0 aliphatic carbocycles. The molecular formula is C13H14N2O3. The average Bonchev–Trinajstić information content (AvgIpc) is 2.73. The van der Waals surface area contributed by atoms with Gasteiger partial charge in [-0.3, -0.25) is 10.1 Å². The minimum atomic E-state index is -0.385. The van der Waals surface area contributed by atoms with Gasteiger partial charge in [0, 0.05) is 6.07 Å². The second-order valence-corrected chi connectivity index (χ2v) is 4.16. The van der Waals surface area contributed by atoms with E-state index in [0.29, 0.717) is 12.2 Å². The van der Waals surface area contributed by atoms with Crippen LogP contribution in [0, 0.1) is 24.0 Å². The van der Waals surface area contributed by atoms with E-state index < -0.39 is 0 Å². The molecule has 1 aromatic carbocycles. The number of hydrogen-bond donors (Lipinski definition) is 1. The van der Waals surface area contributed by atoms with E-state index >= 15 is 0 Å². The molecule has 1 N–H and O–H groups in total. The molecule has 2 rings (SSSR count). The Kier molecular flexibility index (Phi) is 3.32. The van der Waals surface area contributed by atoms with Crippen LogP contribution in [0.15, 0.2) is 34.9 Å². The van der Waals surface area contributed by atoms with Gasteiger partial charge >= 0.3 is 0 Å². The number of nitrogens with one attached hydrogen (secondary N) is 1. The molecule has 0 unspecified atom stereocenters. The lowest BCUT2D eigenvalue weighted by Crippen LogP contribution is -2.03. The van der Waals surface area contributed by atoms with Gasteiger partial charge in [-0.1, -0.05) is 6.07 Å². The van der Waals surface area contributed by atoms with Gasteiger partial charge in [0.15, 0.2) is 0 Å². The van der Waals surface area contributed by atoms with Gasteiger partial charge in [-0.05, 0) is 37.1 Å². The van der Waals surface area contributed by atoms with Crippen molar-refractivity contribution in [1.29, 1.82) is 0 Å². The van der Waals surface area contributed by atoms with Gasteiger partial charge in [0.25, 0.3) is 5.69 Å². The van der Waals surface area contributed by atoms with E-state index in [-0.39, 0.29) is 10.6 Å². The highest BCUT2D eigenvalue weighted by Gasteiger charge is 2.14. The summed E-state index contributed by atoms with van der Waals surface area (Å²) in [6.45, 7) is 4.19. The van der Waals surface area contributed by atoms with Crippen molar-refractivity contribution in [2.75, 3.05) is 5.32 Å². The first-order valence-corrected chi connectivity index (χ1v) is 5.60. The Morgan fingerprint density at radius 1 is 1.33 bits per heavy atom. The summed E-state index contributed by atoms with van der Waals surface area (Å²) in [5.74, 6) is 0.782. The van der Waals surface area contributed by atoms with Crippen LogP contribution in [0.25, 0.3) is 0 Å². The van der Waals surface area contributed by atoms with Crippen LogP contribution in [0.1, 0.15) is 16.9 Å². The maximum Gasteiger partial charge on any atom is 0.292 e. The standard InChI is InChI=1S/C13H14N2O3/c1-9-3-4-11(12(7-9)15(16)17)14-8-13-10(2)5-6-18-13/h3-7,14H,8H2,1-2H3. The van der Waals surface area contributed by atoms with Crippen molar-refractivity contribution in [3.63, 3.8) is 0 Å². The summed E-state index contributed by atoms with van der Waals surface area (Å²) in [5.41, 5.74) is 2.47. The van der Waals surface area contributed by atoms with Crippen LogP contribution in [-0.2, 0) is 6.54 Å². The van der Waals surface area contributed by atoms with Crippen molar-refractivity contribution >= 4 is 11.4 Å².